The van der Waals surface area contributed by atoms with Crippen LogP contribution in [0.25, 0.3) is 0 Å². The number of aromatic nitrogens is 1. The Hall–Kier alpha value is -3.25. The number of amides is 2. The van der Waals surface area contributed by atoms with E-state index in [1.165, 1.54) is 12.1 Å². The molecule has 2 saturated carbocycles. The summed E-state index contributed by atoms with van der Waals surface area (Å²) < 4.78 is 51.2. The molecule has 12 heteroatoms. The molecular formula is C28H23F3N2O5S2. The van der Waals surface area contributed by atoms with Crippen LogP contribution in [0, 0.1) is 29.6 Å². The molecule has 1 N–H and O–H groups in total. The minimum absolute atomic E-state index is 0.0414. The fourth-order valence-electron chi connectivity index (χ4n) is 7.51. The summed E-state index contributed by atoms with van der Waals surface area (Å²) in [6.07, 6.45) is -3.92. The molecule has 2 aliphatic carbocycles. The van der Waals surface area contributed by atoms with Crippen LogP contribution in [0.2, 0.25) is 0 Å². The van der Waals surface area contributed by atoms with Gasteiger partial charge in [0.25, 0.3) is 0 Å². The van der Waals surface area contributed by atoms with Gasteiger partial charge in [-0.3, -0.25) is 19.3 Å². The van der Waals surface area contributed by atoms with Crippen LogP contribution < -0.4 is 19.2 Å². The number of alkyl halides is 3. The molecule has 3 fully saturated rings. The van der Waals surface area contributed by atoms with Crippen molar-refractivity contribution in [3.63, 3.8) is 0 Å². The van der Waals surface area contributed by atoms with E-state index in [9.17, 15) is 27.6 Å². The van der Waals surface area contributed by atoms with Gasteiger partial charge in [0.15, 0.2) is 11.5 Å². The summed E-state index contributed by atoms with van der Waals surface area (Å²) in [4.78, 5) is 44.6. The van der Waals surface area contributed by atoms with Crippen LogP contribution in [-0.4, -0.2) is 36.3 Å². The van der Waals surface area contributed by atoms with Crippen molar-refractivity contribution in [2.75, 3.05) is 19.1 Å². The van der Waals surface area contributed by atoms with Crippen molar-refractivity contribution in [3.05, 3.63) is 68.1 Å². The van der Waals surface area contributed by atoms with Crippen LogP contribution in [0.4, 0.5) is 18.9 Å². The van der Waals surface area contributed by atoms with E-state index in [1.54, 1.807) is 26.0 Å². The van der Waals surface area contributed by atoms with Crippen molar-refractivity contribution in [3.8, 4) is 11.5 Å². The van der Waals surface area contributed by atoms with Gasteiger partial charge < -0.3 is 14.5 Å². The molecule has 0 radical (unpaired) electrons. The molecule has 1 aromatic heterocycles. The van der Waals surface area contributed by atoms with Gasteiger partial charge in [-0.05, 0) is 60.1 Å². The molecule has 3 heterocycles. The quantitative estimate of drug-likeness (QED) is 0.424. The molecule has 2 amide bonds. The highest BCUT2D eigenvalue weighted by Crippen LogP contribution is 2.68. The standard InChI is InChI=1S/C28H23F3N2O5S2/c1-37-16-7-6-11(8-17(16)38-2)18-19-14-10-15(22(19)39-24-23(18)40-27(36)32-24)21-20(14)25(34)33(26(21)35)13-5-3-4-12(9-13)28(29,30)31/h3-9,14-15,18-22H,10H2,1-2H3,(H,32,36)/t14-,15+,18+,19+,20+,21-,22-/m1/s1. The maximum atomic E-state index is 13.8. The molecule has 7 atom stereocenters. The molecule has 40 heavy (non-hydrogen) atoms. The molecule has 208 valence electrons. The Morgan fingerprint density at radius 2 is 1.68 bits per heavy atom. The summed E-state index contributed by atoms with van der Waals surface area (Å²) in [7, 11) is 3.10. The second-order valence-electron chi connectivity index (χ2n) is 10.6. The van der Waals surface area contributed by atoms with Crippen molar-refractivity contribution >= 4 is 40.6 Å². The van der Waals surface area contributed by atoms with Gasteiger partial charge in [0.2, 0.25) is 11.8 Å². The smallest absolute Gasteiger partial charge is 0.416 e. The van der Waals surface area contributed by atoms with Gasteiger partial charge in [0.05, 0.1) is 42.3 Å². The van der Waals surface area contributed by atoms with E-state index in [1.807, 2.05) is 18.2 Å². The molecule has 7 rings (SSSR count). The van der Waals surface area contributed by atoms with E-state index < -0.39 is 35.4 Å². The van der Waals surface area contributed by atoms with Gasteiger partial charge in [0, 0.05) is 16.0 Å². The Bertz CT molecular complexity index is 1620. The van der Waals surface area contributed by atoms with Crippen molar-refractivity contribution in [2.45, 2.75) is 28.8 Å². The number of methoxy groups -OCH3 is 2. The van der Waals surface area contributed by atoms with Gasteiger partial charge in [0.1, 0.15) is 0 Å². The third-order valence-electron chi connectivity index (χ3n) is 8.92. The van der Waals surface area contributed by atoms with Crippen LogP contribution in [0.1, 0.15) is 28.3 Å². The normalized spacial score (nSPS) is 30.3. The van der Waals surface area contributed by atoms with E-state index in [0.29, 0.717) is 17.9 Å². The summed E-state index contributed by atoms with van der Waals surface area (Å²) in [6, 6.07) is 10.0. The predicted molar refractivity (Wildman–Crippen MR) is 142 cm³/mol. The SMILES string of the molecule is COc1ccc([C@@H]2c3sc(=O)[nH]c3S[C@@H]3[C@H]4C[C@@H]([C@@H]5C(=O)N(c6cccc(C(F)(F)F)c6)C(=O)[C@H]45)[C@@H]23)cc1OC. The van der Waals surface area contributed by atoms with Crippen LogP contribution in [0.3, 0.4) is 0 Å². The number of nitrogens with zero attached hydrogens (tertiary/aromatic N) is 1. The zero-order chi connectivity index (χ0) is 28.1. The molecule has 7 nitrogen and oxygen atoms in total. The third kappa shape index (κ3) is 3.54. The second kappa shape index (κ2) is 8.87. The van der Waals surface area contributed by atoms with Crippen molar-refractivity contribution < 1.29 is 32.2 Å². The molecule has 3 aromatic rings. The number of thiazole rings is 1. The molecule has 0 spiro atoms. The molecule has 2 aliphatic heterocycles. The number of ether oxygens (including phenoxy) is 2. The number of imide groups is 1. The lowest BCUT2D eigenvalue weighted by molar-refractivity contribution is -0.137. The molecule has 2 aromatic carbocycles. The minimum Gasteiger partial charge on any atom is -0.493 e. The average Bonchev–Trinajstić information content (AvgIpc) is 3.66. The summed E-state index contributed by atoms with van der Waals surface area (Å²) in [5.41, 5.74) is -0.0362. The predicted octanol–water partition coefficient (Wildman–Crippen LogP) is 5.15. The van der Waals surface area contributed by atoms with Crippen molar-refractivity contribution in [1.29, 1.82) is 0 Å². The zero-order valence-electron chi connectivity index (χ0n) is 21.2. The number of carbonyl (C=O) groups is 2. The third-order valence-corrected chi connectivity index (χ3v) is 11.5. The summed E-state index contributed by atoms with van der Waals surface area (Å²) >= 11 is 2.70. The first-order valence-corrected chi connectivity index (χ1v) is 14.5. The number of benzene rings is 2. The number of rotatable bonds is 4. The summed E-state index contributed by atoms with van der Waals surface area (Å²) in [6.45, 7) is 0. The Labute approximate surface area is 234 Å². The van der Waals surface area contributed by atoms with Crippen LogP contribution >= 0.6 is 23.1 Å². The maximum Gasteiger partial charge on any atom is 0.416 e. The highest BCUT2D eigenvalue weighted by atomic mass is 32.2. The maximum absolute atomic E-state index is 13.8. The topological polar surface area (TPSA) is 88.7 Å². The average molecular weight is 589 g/mol. The fourth-order valence-corrected chi connectivity index (χ4v) is 10.4. The number of carbonyl (C=O) groups excluding carboxylic acids is 2. The first kappa shape index (κ1) is 25.7. The van der Waals surface area contributed by atoms with E-state index in [-0.39, 0.29) is 39.5 Å². The Morgan fingerprint density at radius 3 is 2.38 bits per heavy atom. The first-order valence-electron chi connectivity index (χ1n) is 12.8. The van der Waals surface area contributed by atoms with Crippen LogP contribution in [0.15, 0.2) is 52.3 Å². The lowest BCUT2D eigenvalue weighted by Crippen LogP contribution is -2.42. The zero-order valence-corrected chi connectivity index (χ0v) is 22.9. The number of H-pyrrole nitrogens is 1. The number of hydrogen-bond acceptors (Lipinski definition) is 7. The highest BCUT2D eigenvalue weighted by molar-refractivity contribution is 8.00. The Kier molecular flexibility index (Phi) is 5.70. The van der Waals surface area contributed by atoms with Crippen molar-refractivity contribution in [1.82, 2.24) is 4.98 Å². The lowest BCUT2D eigenvalue weighted by Gasteiger charge is -2.43. The molecule has 1 saturated heterocycles. The van der Waals surface area contributed by atoms with Gasteiger partial charge in [-0.1, -0.05) is 23.5 Å². The number of hydrogen-bond donors (Lipinski definition) is 1. The van der Waals surface area contributed by atoms with E-state index in [4.69, 9.17) is 9.47 Å². The number of thioether (sulfide) groups is 1. The summed E-state index contributed by atoms with van der Waals surface area (Å²) in [5.74, 6) is -1.55. The largest absolute Gasteiger partial charge is 0.493 e. The fraction of sp³-hybridized carbons (Fsp3) is 0.393. The molecule has 2 bridgehead atoms. The minimum atomic E-state index is -4.59. The van der Waals surface area contributed by atoms with Gasteiger partial charge >= 0.3 is 11.0 Å². The number of aromatic amines is 1. The highest BCUT2D eigenvalue weighted by Gasteiger charge is 2.69. The molecule has 4 aliphatic rings. The lowest BCUT2D eigenvalue weighted by atomic mass is 9.68. The Morgan fingerprint density at radius 1 is 0.950 bits per heavy atom. The summed E-state index contributed by atoms with van der Waals surface area (Å²) in [5, 5.41) is 0.729. The van der Waals surface area contributed by atoms with E-state index >= 15 is 0 Å². The van der Waals surface area contributed by atoms with Gasteiger partial charge in [-0.25, -0.2) is 0 Å². The number of fused-ring (bicyclic) bond motifs is 9. The van der Waals surface area contributed by atoms with Gasteiger partial charge in [-0.15, -0.1) is 11.8 Å². The molecule has 0 unspecified atom stereocenters. The number of halogens is 3. The monoisotopic (exact) mass is 588 g/mol. The first-order chi connectivity index (χ1) is 19.1. The molecular weight excluding hydrogens is 565 g/mol. The second-order valence-corrected chi connectivity index (χ2v) is 12.8. The van der Waals surface area contributed by atoms with Crippen LogP contribution in [0.5, 0.6) is 11.5 Å². The van der Waals surface area contributed by atoms with Gasteiger partial charge in [-0.2, -0.15) is 13.2 Å². The number of nitrogens with one attached hydrogen (secondary N) is 1. The van der Waals surface area contributed by atoms with E-state index in [0.717, 1.165) is 43.8 Å². The van der Waals surface area contributed by atoms with E-state index in [2.05, 4.69) is 4.98 Å². The van der Waals surface area contributed by atoms with Crippen LogP contribution in [-0.2, 0) is 15.8 Å². The van der Waals surface area contributed by atoms with Crippen molar-refractivity contribution in [2.24, 2.45) is 29.6 Å². The number of anilines is 1. The Balaban J connectivity index is 1.30.